The predicted octanol–water partition coefficient (Wildman–Crippen LogP) is 2.94. The lowest BCUT2D eigenvalue weighted by molar-refractivity contribution is 0.384. The van der Waals surface area contributed by atoms with Gasteiger partial charge in [-0.05, 0) is 51.6 Å². The molecule has 22 heavy (non-hydrogen) atoms. The van der Waals surface area contributed by atoms with Gasteiger partial charge in [-0.25, -0.2) is 4.99 Å². The zero-order valence-corrected chi connectivity index (χ0v) is 14.1. The van der Waals surface area contributed by atoms with Crippen molar-refractivity contribution in [2.75, 3.05) is 13.1 Å². The molecule has 4 nitrogen and oxygen atoms in total. The van der Waals surface area contributed by atoms with Gasteiger partial charge in [0.15, 0.2) is 5.96 Å². The highest BCUT2D eigenvalue weighted by atomic mass is 15.2. The number of nitrogens with one attached hydrogen (secondary N) is 3. The third-order valence-electron chi connectivity index (χ3n) is 5.51. The molecular weight excluding hydrogens is 272 g/mol. The molecule has 3 fully saturated rings. The van der Waals surface area contributed by atoms with E-state index in [1.807, 2.05) is 0 Å². The summed E-state index contributed by atoms with van der Waals surface area (Å²) in [5.41, 5.74) is 0. The molecule has 0 aromatic rings. The lowest BCUT2D eigenvalue weighted by Crippen LogP contribution is -2.49. The molecule has 126 valence electrons. The Morgan fingerprint density at radius 2 is 1.18 bits per heavy atom. The van der Waals surface area contributed by atoms with Crippen molar-refractivity contribution in [1.82, 2.24) is 16.0 Å². The van der Waals surface area contributed by atoms with Crippen molar-refractivity contribution in [3.63, 3.8) is 0 Å². The first-order valence-corrected chi connectivity index (χ1v) is 9.72. The second-order valence-electron chi connectivity index (χ2n) is 7.42. The van der Waals surface area contributed by atoms with Gasteiger partial charge >= 0.3 is 0 Å². The van der Waals surface area contributed by atoms with Crippen LogP contribution in [0.5, 0.6) is 0 Å². The van der Waals surface area contributed by atoms with Crippen LogP contribution in [0.3, 0.4) is 0 Å². The highest BCUT2D eigenvalue weighted by Crippen LogP contribution is 2.19. The summed E-state index contributed by atoms with van der Waals surface area (Å²) in [6.45, 7) is 2.24. The molecule has 0 aromatic carbocycles. The summed E-state index contributed by atoms with van der Waals surface area (Å²) in [6, 6.07) is 1.79. The fourth-order valence-electron chi connectivity index (χ4n) is 4.12. The normalized spacial score (nSPS) is 25.6. The van der Waals surface area contributed by atoms with Crippen molar-refractivity contribution in [2.24, 2.45) is 4.99 Å². The Labute approximate surface area is 135 Å². The monoisotopic (exact) mass is 306 g/mol. The quantitative estimate of drug-likeness (QED) is 0.555. The molecule has 1 saturated heterocycles. The second kappa shape index (κ2) is 8.76. The van der Waals surface area contributed by atoms with E-state index in [9.17, 15) is 0 Å². The summed E-state index contributed by atoms with van der Waals surface area (Å²) in [5.74, 6) is 1.12. The molecule has 2 saturated carbocycles. The van der Waals surface area contributed by atoms with Gasteiger partial charge in [0.25, 0.3) is 0 Å². The number of rotatable bonds is 3. The number of hydrogen-bond donors (Lipinski definition) is 3. The van der Waals surface area contributed by atoms with Gasteiger partial charge in [-0.2, -0.15) is 0 Å². The van der Waals surface area contributed by atoms with Crippen molar-refractivity contribution in [2.45, 2.75) is 95.2 Å². The van der Waals surface area contributed by atoms with Gasteiger partial charge in [0.05, 0.1) is 6.04 Å². The molecule has 0 atom stereocenters. The van der Waals surface area contributed by atoms with E-state index in [0.717, 1.165) is 19.0 Å². The molecule has 3 N–H and O–H groups in total. The van der Waals surface area contributed by atoms with E-state index in [1.165, 1.54) is 77.0 Å². The molecule has 1 heterocycles. The first-order chi connectivity index (χ1) is 10.9. The second-order valence-corrected chi connectivity index (χ2v) is 7.42. The molecule has 1 aliphatic heterocycles. The highest BCUT2D eigenvalue weighted by molar-refractivity contribution is 5.80. The Bertz CT molecular complexity index is 315. The third kappa shape index (κ3) is 5.15. The van der Waals surface area contributed by atoms with E-state index in [2.05, 4.69) is 16.0 Å². The van der Waals surface area contributed by atoms with Gasteiger partial charge in [0, 0.05) is 12.1 Å². The summed E-state index contributed by atoms with van der Waals surface area (Å²) in [7, 11) is 0. The van der Waals surface area contributed by atoms with Crippen molar-refractivity contribution >= 4 is 5.96 Å². The lowest BCUT2D eigenvalue weighted by atomic mass is 9.95. The summed E-state index contributed by atoms with van der Waals surface area (Å²) >= 11 is 0. The minimum atomic E-state index is 0.503. The van der Waals surface area contributed by atoms with Gasteiger partial charge in [-0.3, -0.25) is 0 Å². The van der Waals surface area contributed by atoms with Gasteiger partial charge in [-0.1, -0.05) is 38.5 Å². The van der Waals surface area contributed by atoms with Gasteiger partial charge in [-0.15, -0.1) is 0 Å². The van der Waals surface area contributed by atoms with E-state index >= 15 is 0 Å². The van der Waals surface area contributed by atoms with E-state index < -0.39 is 0 Å². The van der Waals surface area contributed by atoms with Crippen LogP contribution in [0.4, 0.5) is 0 Å². The molecule has 0 unspecified atom stereocenters. The number of piperidine rings is 1. The Hall–Kier alpha value is -0.770. The zero-order chi connectivity index (χ0) is 15.0. The fraction of sp³-hybridized carbons (Fsp3) is 0.944. The Balaban J connectivity index is 1.59. The van der Waals surface area contributed by atoms with Crippen LogP contribution in [0.25, 0.3) is 0 Å². The fourth-order valence-corrected chi connectivity index (χ4v) is 4.12. The molecule has 2 aliphatic carbocycles. The Morgan fingerprint density at radius 3 is 1.68 bits per heavy atom. The molecule has 0 aromatic heterocycles. The molecule has 0 spiro atoms. The van der Waals surface area contributed by atoms with Crippen LogP contribution < -0.4 is 16.0 Å². The van der Waals surface area contributed by atoms with Crippen molar-refractivity contribution in [1.29, 1.82) is 0 Å². The van der Waals surface area contributed by atoms with Crippen molar-refractivity contribution in [3.8, 4) is 0 Å². The van der Waals surface area contributed by atoms with Gasteiger partial charge < -0.3 is 16.0 Å². The minimum Gasteiger partial charge on any atom is -0.354 e. The van der Waals surface area contributed by atoms with Crippen molar-refractivity contribution in [3.05, 3.63) is 0 Å². The minimum absolute atomic E-state index is 0.503. The average molecular weight is 306 g/mol. The number of guanidine groups is 1. The topological polar surface area (TPSA) is 48.5 Å². The van der Waals surface area contributed by atoms with Crippen LogP contribution in [0.2, 0.25) is 0 Å². The predicted molar refractivity (Wildman–Crippen MR) is 93.3 cm³/mol. The number of nitrogens with zero attached hydrogens (tertiary/aromatic N) is 1. The van der Waals surface area contributed by atoms with Crippen LogP contribution in [0.1, 0.15) is 77.0 Å². The summed E-state index contributed by atoms with van der Waals surface area (Å²) < 4.78 is 0. The van der Waals surface area contributed by atoms with Crippen LogP contribution in [0, 0.1) is 0 Å². The number of hydrogen-bond acceptors (Lipinski definition) is 2. The van der Waals surface area contributed by atoms with Gasteiger partial charge in [0.2, 0.25) is 0 Å². The van der Waals surface area contributed by atoms with Crippen LogP contribution in [-0.4, -0.2) is 37.2 Å². The maximum Gasteiger partial charge on any atom is 0.191 e. The summed E-state index contributed by atoms with van der Waals surface area (Å²) in [5, 5.41) is 11.0. The highest BCUT2D eigenvalue weighted by Gasteiger charge is 2.20. The Kier molecular flexibility index (Phi) is 6.41. The third-order valence-corrected chi connectivity index (χ3v) is 5.51. The first kappa shape index (κ1) is 16.1. The average Bonchev–Trinajstić information content (AvgIpc) is 2.57. The molecular formula is C18H34N4. The largest absolute Gasteiger partial charge is 0.354 e. The molecule has 0 radical (unpaired) electrons. The molecule has 3 aliphatic rings. The van der Waals surface area contributed by atoms with E-state index in [1.54, 1.807) is 0 Å². The first-order valence-electron chi connectivity index (χ1n) is 9.72. The zero-order valence-electron chi connectivity index (χ0n) is 14.1. The molecule has 0 bridgehead atoms. The van der Waals surface area contributed by atoms with Gasteiger partial charge in [0.1, 0.15) is 0 Å². The van der Waals surface area contributed by atoms with Crippen LogP contribution in [0.15, 0.2) is 4.99 Å². The van der Waals surface area contributed by atoms with Crippen LogP contribution in [-0.2, 0) is 0 Å². The SMILES string of the molecule is C1CCC(NC(=NC2CCNCC2)NC2CCCCC2)CC1. The lowest BCUT2D eigenvalue weighted by Gasteiger charge is -2.30. The molecule has 0 amide bonds. The smallest absolute Gasteiger partial charge is 0.191 e. The molecule has 3 rings (SSSR count). The van der Waals surface area contributed by atoms with E-state index in [0.29, 0.717) is 18.1 Å². The Morgan fingerprint density at radius 1 is 0.682 bits per heavy atom. The maximum atomic E-state index is 5.08. The van der Waals surface area contributed by atoms with Crippen LogP contribution >= 0.6 is 0 Å². The standard InChI is InChI=1S/C18H34N4/c1-3-7-15(8-4-1)20-18(21-16-9-5-2-6-10-16)22-17-11-13-19-14-12-17/h15-17,19H,1-14H2,(H2,20,21,22). The van der Waals surface area contributed by atoms with E-state index in [-0.39, 0.29) is 0 Å². The molecule has 4 heteroatoms. The number of aliphatic imine (C=N–C) groups is 1. The summed E-state index contributed by atoms with van der Waals surface area (Å²) in [4.78, 5) is 5.08. The summed E-state index contributed by atoms with van der Waals surface area (Å²) in [6.07, 6.45) is 16.0. The van der Waals surface area contributed by atoms with Crippen molar-refractivity contribution < 1.29 is 0 Å². The maximum absolute atomic E-state index is 5.08. The van der Waals surface area contributed by atoms with E-state index in [4.69, 9.17) is 4.99 Å².